The average Bonchev–Trinajstić information content (AvgIpc) is 2.73. The molecule has 0 saturated carbocycles. The van der Waals surface area contributed by atoms with Crippen molar-refractivity contribution in [2.75, 3.05) is 0 Å². The van der Waals surface area contributed by atoms with E-state index in [0.29, 0.717) is 6.04 Å². The molecule has 0 spiro atoms. The third kappa shape index (κ3) is 2.83. The number of nitriles is 1. The Balaban J connectivity index is 2.60. The molecule has 0 radical (unpaired) electrons. The molecule has 76 valence electrons. The van der Waals surface area contributed by atoms with E-state index >= 15 is 0 Å². The van der Waals surface area contributed by atoms with Gasteiger partial charge in [-0.05, 0) is 35.2 Å². The largest absolute Gasteiger partial charge is 0.295 e. The second-order valence-electron chi connectivity index (χ2n) is 3.27. The highest BCUT2D eigenvalue weighted by molar-refractivity contribution is 7.07. The molecule has 0 aliphatic carbocycles. The molecule has 0 aliphatic heterocycles. The molecule has 0 aliphatic rings. The lowest BCUT2D eigenvalue weighted by molar-refractivity contribution is 0.470. The monoisotopic (exact) mass is 208 g/mol. The second-order valence-corrected chi connectivity index (χ2v) is 4.05. The van der Waals surface area contributed by atoms with Crippen LogP contribution in [0.4, 0.5) is 0 Å². The molecular weight excluding hydrogens is 192 g/mol. The van der Waals surface area contributed by atoms with Crippen molar-refractivity contribution in [1.82, 2.24) is 5.32 Å². The molecule has 0 aromatic carbocycles. The first-order chi connectivity index (χ1) is 6.81. The van der Waals surface area contributed by atoms with Crippen LogP contribution in [0, 0.1) is 11.3 Å². The van der Waals surface area contributed by atoms with Gasteiger partial charge in [-0.25, -0.2) is 0 Å². The summed E-state index contributed by atoms with van der Waals surface area (Å²) in [5, 5.41) is 16.4. The van der Waals surface area contributed by atoms with E-state index in [2.05, 4.69) is 35.1 Å². The molecule has 2 atom stereocenters. The lowest BCUT2D eigenvalue weighted by Gasteiger charge is -2.18. The first-order valence-electron chi connectivity index (χ1n) is 4.99. The van der Waals surface area contributed by atoms with Crippen LogP contribution in [0.3, 0.4) is 0 Å². The summed E-state index contributed by atoms with van der Waals surface area (Å²) in [6.45, 7) is 4.17. The van der Waals surface area contributed by atoms with Crippen molar-refractivity contribution >= 4 is 11.3 Å². The maximum Gasteiger partial charge on any atom is 0.0955 e. The topological polar surface area (TPSA) is 35.8 Å². The summed E-state index contributed by atoms with van der Waals surface area (Å²) >= 11 is 1.70. The van der Waals surface area contributed by atoms with Gasteiger partial charge in [0.15, 0.2) is 0 Å². The molecule has 1 aromatic heterocycles. The van der Waals surface area contributed by atoms with E-state index in [-0.39, 0.29) is 6.04 Å². The van der Waals surface area contributed by atoms with Gasteiger partial charge in [-0.3, -0.25) is 5.32 Å². The number of hydrogen-bond acceptors (Lipinski definition) is 3. The first-order valence-corrected chi connectivity index (χ1v) is 5.93. The Labute approximate surface area is 89.6 Å². The molecule has 1 heterocycles. The zero-order valence-electron chi connectivity index (χ0n) is 8.66. The molecule has 1 aromatic rings. The Kier molecular flexibility index (Phi) is 4.64. The Hall–Kier alpha value is -0.850. The van der Waals surface area contributed by atoms with E-state index in [1.807, 2.05) is 6.92 Å². The number of nitrogens with zero attached hydrogens (tertiary/aromatic N) is 1. The Morgan fingerprint density at radius 3 is 2.71 bits per heavy atom. The lowest BCUT2D eigenvalue weighted by atomic mass is 10.1. The highest BCUT2D eigenvalue weighted by Gasteiger charge is 2.13. The minimum Gasteiger partial charge on any atom is -0.295 e. The van der Waals surface area contributed by atoms with Crippen molar-refractivity contribution in [1.29, 1.82) is 5.26 Å². The molecular formula is C11H16N2S. The summed E-state index contributed by atoms with van der Waals surface area (Å²) in [6, 6.07) is 4.69. The van der Waals surface area contributed by atoms with Crippen molar-refractivity contribution < 1.29 is 0 Å². The van der Waals surface area contributed by atoms with Crippen LogP contribution in [-0.4, -0.2) is 6.04 Å². The van der Waals surface area contributed by atoms with Crippen LogP contribution in [0.1, 0.15) is 38.3 Å². The third-order valence-electron chi connectivity index (χ3n) is 2.32. The van der Waals surface area contributed by atoms with Crippen molar-refractivity contribution in [2.24, 2.45) is 0 Å². The predicted molar refractivity (Wildman–Crippen MR) is 60.2 cm³/mol. The highest BCUT2D eigenvalue weighted by atomic mass is 32.1. The van der Waals surface area contributed by atoms with Crippen molar-refractivity contribution in [3.8, 4) is 6.07 Å². The molecule has 0 saturated heterocycles. The quantitative estimate of drug-likeness (QED) is 0.807. The van der Waals surface area contributed by atoms with Gasteiger partial charge in [0, 0.05) is 6.04 Å². The number of nitrogens with one attached hydrogen (secondary N) is 1. The smallest absolute Gasteiger partial charge is 0.0955 e. The summed E-state index contributed by atoms with van der Waals surface area (Å²) in [4.78, 5) is 0. The Morgan fingerprint density at radius 2 is 2.29 bits per heavy atom. The van der Waals surface area contributed by atoms with E-state index in [4.69, 9.17) is 5.26 Å². The normalized spacial score (nSPS) is 14.6. The van der Waals surface area contributed by atoms with E-state index in [9.17, 15) is 0 Å². The van der Waals surface area contributed by atoms with Gasteiger partial charge in [-0.2, -0.15) is 16.6 Å². The van der Waals surface area contributed by atoms with Crippen molar-refractivity contribution in [3.05, 3.63) is 22.4 Å². The minimum atomic E-state index is -0.0279. The zero-order chi connectivity index (χ0) is 10.4. The molecule has 1 rings (SSSR count). The fourth-order valence-electron chi connectivity index (χ4n) is 1.41. The van der Waals surface area contributed by atoms with Gasteiger partial charge in [0.25, 0.3) is 0 Å². The summed E-state index contributed by atoms with van der Waals surface area (Å²) in [6.07, 6.45) is 1.88. The zero-order valence-corrected chi connectivity index (χ0v) is 9.47. The van der Waals surface area contributed by atoms with E-state index in [0.717, 1.165) is 12.8 Å². The van der Waals surface area contributed by atoms with Crippen LogP contribution in [0.15, 0.2) is 16.8 Å². The number of hydrogen-bond donors (Lipinski definition) is 1. The lowest BCUT2D eigenvalue weighted by Crippen LogP contribution is -2.30. The maximum absolute atomic E-state index is 8.86. The van der Waals surface area contributed by atoms with E-state index in [1.165, 1.54) is 5.56 Å². The Morgan fingerprint density at radius 1 is 1.50 bits per heavy atom. The van der Waals surface area contributed by atoms with Crippen molar-refractivity contribution in [2.45, 2.75) is 38.8 Å². The van der Waals surface area contributed by atoms with Crippen LogP contribution in [0.2, 0.25) is 0 Å². The van der Waals surface area contributed by atoms with E-state index in [1.54, 1.807) is 11.3 Å². The minimum absolute atomic E-state index is 0.0279. The molecule has 1 N–H and O–H groups in total. The van der Waals surface area contributed by atoms with Gasteiger partial charge < -0.3 is 0 Å². The number of rotatable bonds is 5. The second kappa shape index (κ2) is 5.79. The molecule has 0 amide bonds. The summed E-state index contributed by atoms with van der Waals surface area (Å²) in [5.74, 6) is 0. The predicted octanol–water partition coefficient (Wildman–Crippen LogP) is 3.09. The fraction of sp³-hybridized carbons (Fsp3) is 0.545. The first kappa shape index (κ1) is 11.2. The van der Waals surface area contributed by atoms with Gasteiger partial charge in [0.05, 0.1) is 12.1 Å². The van der Waals surface area contributed by atoms with Crippen LogP contribution in [0.25, 0.3) is 0 Å². The summed E-state index contributed by atoms with van der Waals surface area (Å²) in [7, 11) is 0. The SMILES string of the molecule is CCC(C#N)NC(CC)c1ccsc1. The van der Waals surface area contributed by atoms with Gasteiger partial charge in [0.2, 0.25) is 0 Å². The average molecular weight is 208 g/mol. The fourth-order valence-corrected chi connectivity index (χ4v) is 2.13. The van der Waals surface area contributed by atoms with Crippen LogP contribution < -0.4 is 5.32 Å². The molecule has 0 bridgehead atoms. The molecule has 2 unspecified atom stereocenters. The van der Waals surface area contributed by atoms with Gasteiger partial charge >= 0.3 is 0 Å². The van der Waals surface area contributed by atoms with Gasteiger partial charge in [0.1, 0.15) is 0 Å². The van der Waals surface area contributed by atoms with Crippen LogP contribution in [-0.2, 0) is 0 Å². The van der Waals surface area contributed by atoms with Gasteiger partial charge in [-0.15, -0.1) is 0 Å². The molecule has 3 heteroatoms. The molecule has 14 heavy (non-hydrogen) atoms. The third-order valence-corrected chi connectivity index (χ3v) is 3.02. The summed E-state index contributed by atoms with van der Waals surface area (Å²) in [5.41, 5.74) is 1.30. The summed E-state index contributed by atoms with van der Waals surface area (Å²) < 4.78 is 0. The Bertz CT molecular complexity index is 287. The van der Waals surface area contributed by atoms with Crippen LogP contribution in [0.5, 0.6) is 0 Å². The van der Waals surface area contributed by atoms with Crippen LogP contribution >= 0.6 is 11.3 Å². The molecule has 2 nitrogen and oxygen atoms in total. The van der Waals surface area contributed by atoms with Gasteiger partial charge in [-0.1, -0.05) is 13.8 Å². The van der Waals surface area contributed by atoms with E-state index < -0.39 is 0 Å². The molecule has 0 fully saturated rings. The standard InChI is InChI=1S/C11H16N2S/c1-3-10(7-12)13-11(4-2)9-5-6-14-8-9/h5-6,8,10-11,13H,3-4H2,1-2H3. The number of thiophene rings is 1. The van der Waals surface area contributed by atoms with Crippen molar-refractivity contribution in [3.63, 3.8) is 0 Å². The maximum atomic E-state index is 8.86. The highest BCUT2D eigenvalue weighted by Crippen LogP contribution is 2.20.